The van der Waals surface area contributed by atoms with Crippen LogP contribution >= 0.6 is 7.75 Å². The Labute approximate surface area is 228 Å². The maximum Gasteiger partial charge on any atom is 0.459 e. The van der Waals surface area contributed by atoms with Gasteiger partial charge in [-0.1, -0.05) is 24.6 Å². The third-order valence-corrected chi connectivity index (χ3v) is 8.40. The Morgan fingerprint density at radius 1 is 1.23 bits per heavy atom. The molecule has 1 saturated heterocycles. The van der Waals surface area contributed by atoms with Crippen molar-refractivity contribution in [2.45, 2.75) is 82.0 Å². The molecular weight excluding hydrogens is 555 g/mol. The van der Waals surface area contributed by atoms with Crippen molar-refractivity contribution in [1.82, 2.24) is 14.6 Å². The highest BCUT2D eigenvalue weighted by atomic mass is 31.2. The lowest BCUT2D eigenvalue weighted by molar-refractivity contribution is -0.204. The Morgan fingerprint density at radius 3 is 2.55 bits per heavy atom. The van der Waals surface area contributed by atoms with Gasteiger partial charge in [-0.05, 0) is 51.7 Å². The Hall–Kier alpha value is -2.90. The van der Waals surface area contributed by atoms with Gasteiger partial charge in [0.1, 0.15) is 24.5 Å². The highest BCUT2D eigenvalue weighted by molar-refractivity contribution is 7.52. The largest absolute Gasteiger partial charge is 0.461 e. The standard InChI is InChI=1S/C25H32F2N3O9P/c1-16(20(32)37-17-9-5-3-6-10-17)29-40(35,39-18-11-7-4-8-12-18)36-15-25(27)21(33)24(2,26)22(38-25)30-14-13-19(31)28-23(30)34/h4,7-8,11-14,16-17,21-22,33H,3,5-6,9-10,15H2,1-2H3,(H,29,35)(H,28,31,34)/t16?,21-,22+,24+,25+,40?/m0/s1. The van der Waals surface area contributed by atoms with Gasteiger partial charge in [0.05, 0.1) is 0 Å². The van der Waals surface area contributed by atoms with Crippen molar-refractivity contribution in [3.8, 4) is 5.75 Å². The maximum absolute atomic E-state index is 15.9. The summed E-state index contributed by atoms with van der Waals surface area (Å²) in [6.07, 6.45) is 0.334. The van der Waals surface area contributed by atoms with Crippen molar-refractivity contribution in [1.29, 1.82) is 0 Å². The number of aliphatic hydroxyl groups is 1. The Bertz CT molecular complexity index is 1350. The van der Waals surface area contributed by atoms with E-state index in [0.29, 0.717) is 17.4 Å². The molecule has 0 spiro atoms. The van der Waals surface area contributed by atoms with Crippen LogP contribution in [0.25, 0.3) is 0 Å². The van der Waals surface area contributed by atoms with Crippen molar-refractivity contribution in [3.63, 3.8) is 0 Å². The molecule has 220 valence electrons. The summed E-state index contributed by atoms with van der Waals surface area (Å²) in [5.41, 5.74) is -4.78. The average molecular weight is 588 g/mol. The molecule has 3 N–H and O–H groups in total. The summed E-state index contributed by atoms with van der Waals surface area (Å²) in [6.45, 7) is 0.825. The number of H-pyrrole nitrogens is 1. The van der Waals surface area contributed by atoms with E-state index in [-0.39, 0.29) is 11.9 Å². The predicted octanol–water partition coefficient (Wildman–Crippen LogP) is 2.88. The number of aromatic nitrogens is 2. The van der Waals surface area contributed by atoms with Crippen LogP contribution in [0.1, 0.15) is 52.2 Å². The number of carbonyl (C=O) groups is 1. The molecule has 4 rings (SSSR count). The van der Waals surface area contributed by atoms with Crippen LogP contribution in [-0.2, 0) is 23.4 Å². The molecule has 12 nitrogen and oxygen atoms in total. The van der Waals surface area contributed by atoms with Crippen LogP contribution in [0, 0.1) is 0 Å². The number of rotatable bonds is 10. The molecule has 1 aliphatic heterocycles. The van der Waals surface area contributed by atoms with Gasteiger partial charge < -0.3 is 19.1 Å². The second-order valence-electron chi connectivity index (χ2n) is 10.1. The van der Waals surface area contributed by atoms with Crippen molar-refractivity contribution in [2.24, 2.45) is 0 Å². The minimum atomic E-state index is -4.60. The number of benzene rings is 1. The van der Waals surface area contributed by atoms with E-state index in [1.807, 2.05) is 4.98 Å². The zero-order valence-electron chi connectivity index (χ0n) is 22.0. The van der Waals surface area contributed by atoms with Crippen molar-refractivity contribution in [2.75, 3.05) is 6.61 Å². The summed E-state index contributed by atoms with van der Waals surface area (Å²) < 4.78 is 67.1. The number of nitrogens with zero attached hydrogens (tertiary/aromatic N) is 1. The molecule has 0 radical (unpaired) electrons. The van der Waals surface area contributed by atoms with Crippen LogP contribution in [0.4, 0.5) is 8.78 Å². The second kappa shape index (κ2) is 11.9. The minimum absolute atomic E-state index is 0.0416. The van der Waals surface area contributed by atoms with E-state index in [1.165, 1.54) is 19.1 Å². The Morgan fingerprint density at radius 2 is 1.90 bits per heavy atom. The Balaban J connectivity index is 1.53. The lowest BCUT2D eigenvalue weighted by atomic mass is 9.97. The summed E-state index contributed by atoms with van der Waals surface area (Å²) in [7, 11) is -4.60. The smallest absolute Gasteiger partial charge is 0.459 e. The predicted molar refractivity (Wildman–Crippen MR) is 137 cm³/mol. The van der Waals surface area contributed by atoms with E-state index in [4.69, 9.17) is 18.5 Å². The van der Waals surface area contributed by atoms with E-state index in [9.17, 15) is 24.1 Å². The number of ether oxygens (including phenoxy) is 2. The minimum Gasteiger partial charge on any atom is -0.461 e. The van der Waals surface area contributed by atoms with E-state index in [2.05, 4.69) is 5.09 Å². The molecule has 2 unspecified atom stereocenters. The van der Waals surface area contributed by atoms with Gasteiger partial charge >= 0.3 is 19.4 Å². The number of halogens is 2. The summed E-state index contributed by atoms with van der Waals surface area (Å²) in [6, 6.07) is 7.35. The van der Waals surface area contributed by atoms with Crippen LogP contribution in [0.5, 0.6) is 5.75 Å². The van der Waals surface area contributed by atoms with E-state index < -0.39 is 61.5 Å². The zero-order chi connectivity index (χ0) is 29.1. The molecule has 0 bridgehead atoms. The van der Waals surface area contributed by atoms with Gasteiger partial charge in [-0.25, -0.2) is 18.1 Å². The number of hydrogen-bond acceptors (Lipinski definition) is 9. The van der Waals surface area contributed by atoms with Gasteiger partial charge in [-0.3, -0.25) is 23.7 Å². The first-order valence-electron chi connectivity index (χ1n) is 12.9. The quantitative estimate of drug-likeness (QED) is 0.279. The SMILES string of the molecule is CC(NP(=O)(OC[C@@]1(F)O[C@@H](n2ccc(=O)[nH]c2=O)[C@](C)(F)[C@@H]1O)Oc1ccccc1)C(=O)OC1CCCCC1. The van der Waals surface area contributed by atoms with Crippen LogP contribution < -0.4 is 20.9 Å². The molecular formula is C25H32F2N3O9P. The Kier molecular flexibility index (Phi) is 8.96. The first-order valence-corrected chi connectivity index (χ1v) is 14.4. The molecule has 2 fully saturated rings. The number of nitrogens with one attached hydrogen (secondary N) is 2. The lowest BCUT2D eigenvalue weighted by Crippen LogP contribution is -2.47. The molecule has 6 atom stereocenters. The number of esters is 1. The lowest BCUT2D eigenvalue weighted by Gasteiger charge is -2.28. The molecule has 2 aliphatic rings. The number of aliphatic hydroxyl groups excluding tert-OH is 1. The van der Waals surface area contributed by atoms with Crippen LogP contribution in [0.3, 0.4) is 0 Å². The molecule has 2 aromatic rings. The summed E-state index contributed by atoms with van der Waals surface area (Å²) in [5, 5.41) is 12.9. The highest BCUT2D eigenvalue weighted by Gasteiger charge is 2.65. The zero-order valence-corrected chi connectivity index (χ0v) is 22.9. The molecule has 0 amide bonds. The van der Waals surface area contributed by atoms with Crippen molar-refractivity contribution in [3.05, 3.63) is 63.4 Å². The molecule has 1 aliphatic carbocycles. The van der Waals surface area contributed by atoms with E-state index in [0.717, 1.165) is 38.4 Å². The van der Waals surface area contributed by atoms with Crippen molar-refractivity contribution >= 4 is 13.7 Å². The molecule has 1 saturated carbocycles. The first-order chi connectivity index (χ1) is 18.8. The molecule has 40 heavy (non-hydrogen) atoms. The van der Waals surface area contributed by atoms with Crippen LogP contribution in [0.2, 0.25) is 0 Å². The molecule has 2 heterocycles. The normalized spacial score (nSPS) is 29.4. The fourth-order valence-electron chi connectivity index (χ4n) is 4.60. The average Bonchev–Trinajstić information content (AvgIpc) is 3.09. The molecule has 1 aromatic heterocycles. The number of hydrogen-bond donors (Lipinski definition) is 3. The van der Waals surface area contributed by atoms with Crippen LogP contribution in [-0.4, -0.2) is 57.0 Å². The van der Waals surface area contributed by atoms with Gasteiger partial charge in [-0.15, -0.1) is 0 Å². The van der Waals surface area contributed by atoms with Gasteiger partial charge in [0, 0.05) is 12.3 Å². The van der Waals surface area contributed by atoms with Gasteiger partial charge in [-0.2, -0.15) is 5.09 Å². The second-order valence-corrected chi connectivity index (χ2v) is 11.7. The summed E-state index contributed by atoms with van der Waals surface area (Å²) in [5.74, 6) is -4.01. The van der Waals surface area contributed by atoms with Gasteiger partial charge in [0.2, 0.25) is 0 Å². The molecule has 1 aromatic carbocycles. The maximum atomic E-state index is 15.9. The number of para-hydroxylation sites is 1. The van der Waals surface area contributed by atoms with Crippen molar-refractivity contribution < 1.29 is 41.8 Å². The third kappa shape index (κ3) is 6.69. The highest BCUT2D eigenvalue weighted by Crippen LogP contribution is 2.51. The number of carbonyl (C=O) groups excluding carboxylic acids is 1. The fourth-order valence-corrected chi connectivity index (χ4v) is 6.10. The molecule has 15 heteroatoms. The summed E-state index contributed by atoms with van der Waals surface area (Å²) >= 11 is 0. The fraction of sp³-hybridized carbons (Fsp3) is 0.560. The van der Waals surface area contributed by atoms with Gasteiger partial charge in [0.25, 0.3) is 11.4 Å². The van der Waals surface area contributed by atoms with Gasteiger partial charge in [0.15, 0.2) is 18.0 Å². The van der Waals surface area contributed by atoms with E-state index >= 15 is 8.78 Å². The number of aromatic amines is 1. The number of alkyl halides is 2. The first kappa shape index (κ1) is 30.1. The van der Waals surface area contributed by atoms with E-state index in [1.54, 1.807) is 18.2 Å². The monoisotopic (exact) mass is 587 g/mol. The van der Waals surface area contributed by atoms with Crippen LogP contribution in [0.15, 0.2) is 52.2 Å². The third-order valence-electron chi connectivity index (χ3n) is 6.78. The summed E-state index contributed by atoms with van der Waals surface area (Å²) in [4.78, 5) is 38.2. The topological polar surface area (TPSA) is 158 Å².